The Labute approximate surface area is 129 Å². The molecule has 1 aliphatic rings. The van der Waals surface area contributed by atoms with Gasteiger partial charge in [0.2, 0.25) is 5.91 Å². The molecular formula is C15H17N3O3S. The Morgan fingerprint density at radius 2 is 2.05 bits per heavy atom. The lowest BCUT2D eigenvalue weighted by Crippen LogP contribution is -2.37. The van der Waals surface area contributed by atoms with Gasteiger partial charge in [0.05, 0.1) is 17.7 Å². The lowest BCUT2D eigenvalue weighted by molar-refractivity contribution is -0.122. The van der Waals surface area contributed by atoms with Crippen LogP contribution >= 0.6 is 0 Å². The SMILES string of the molecule is O=C(Cn1cc(-c2ccccc2)cn1)NC1CCS(=O)(=O)C1. The van der Waals surface area contributed by atoms with Crippen LogP contribution < -0.4 is 5.32 Å². The molecule has 116 valence electrons. The second-order valence-electron chi connectivity index (χ2n) is 5.46. The predicted molar refractivity (Wildman–Crippen MR) is 82.9 cm³/mol. The fourth-order valence-corrected chi connectivity index (χ4v) is 4.23. The summed E-state index contributed by atoms with van der Waals surface area (Å²) in [6, 6.07) is 9.51. The fraction of sp³-hybridized carbons (Fsp3) is 0.333. The van der Waals surface area contributed by atoms with Gasteiger partial charge in [-0.25, -0.2) is 8.42 Å². The molecule has 1 N–H and O–H groups in total. The average Bonchev–Trinajstić information content (AvgIpc) is 3.06. The number of hydrogen-bond acceptors (Lipinski definition) is 4. The number of carbonyl (C=O) groups excluding carboxylic acids is 1. The summed E-state index contributed by atoms with van der Waals surface area (Å²) in [4.78, 5) is 12.0. The summed E-state index contributed by atoms with van der Waals surface area (Å²) in [5.41, 5.74) is 1.98. The van der Waals surface area contributed by atoms with Crippen molar-refractivity contribution in [3.63, 3.8) is 0 Å². The molecule has 6 nitrogen and oxygen atoms in total. The molecule has 1 atom stereocenters. The number of amides is 1. The van der Waals surface area contributed by atoms with Gasteiger partial charge >= 0.3 is 0 Å². The largest absolute Gasteiger partial charge is 0.351 e. The molecule has 1 aromatic carbocycles. The number of nitrogens with zero attached hydrogens (tertiary/aromatic N) is 2. The maximum atomic E-state index is 12.0. The van der Waals surface area contributed by atoms with E-state index in [0.717, 1.165) is 11.1 Å². The second-order valence-corrected chi connectivity index (χ2v) is 7.69. The molecular weight excluding hydrogens is 302 g/mol. The zero-order valence-corrected chi connectivity index (χ0v) is 12.8. The third-order valence-corrected chi connectivity index (χ3v) is 5.41. The maximum absolute atomic E-state index is 12.0. The summed E-state index contributed by atoms with van der Waals surface area (Å²) in [6.45, 7) is 0.0867. The molecule has 0 aliphatic carbocycles. The van der Waals surface area contributed by atoms with Crippen molar-refractivity contribution in [2.75, 3.05) is 11.5 Å². The van der Waals surface area contributed by atoms with E-state index in [4.69, 9.17) is 0 Å². The first-order chi connectivity index (χ1) is 10.5. The average molecular weight is 319 g/mol. The third-order valence-electron chi connectivity index (χ3n) is 3.64. The molecule has 22 heavy (non-hydrogen) atoms. The van der Waals surface area contributed by atoms with Gasteiger partial charge in [-0.1, -0.05) is 30.3 Å². The van der Waals surface area contributed by atoms with E-state index in [-0.39, 0.29) is 30.0 Å². The van der Waals surface area contributed by atoms with Gasteiger partial charge in [0.1, 0.15) is 6.54 Å². The van der Waals surface area contributed by atoms with Crippen LogP contribution in [0.15, 0.2) is 42.7 Å². The van der Waals surface area contributed by atoms with Gasteiger partial charge in [0.15, 0.2) is 9.84 Å². The second kappa shape index (κ2) is 5.92. The zero-order valence-electron chi connectivity index (χ0n) is 12.0. The Kier molecular flexibility index (Phi) is 3.98. The van der Waals surface area contributed by atoms with Gasteiger partial charge in [-0.2, -0.15) is 5.10 Å². The molecule has 1 fully saturated rings. The number of aromatic nitrogens is 2. The summed E-state index contributed by atoms with van der Waals surface area (Å²) in [6.07, 6.45) is 4.01. The van der Waals surface area contributed by atoms with Crippen LogP contribution in [-0.4, -0.2) is 41.7 Å². The third kappa shape index (κ3) is 3.54. The van der Waals surface area contributed by atoms with E-state index >= 15 is 0 Å². The van der Waals surface area contributed by atoms with Crippen molar-refractivity contribution in [2.45, 2.75) is 19.0 Å². The van der Waals surface area contributed by atoms with Crippen LogP contribution in [0.5, 0.6) is 0 Å². The lowest BCUT2D eigenvalue weighted by Gasteiger charge is -2.10. The number of nitrogens with one attached hydrogen (secondary N) is 1. The van der Waals surface area contributed by atoms with E-state index in [2.05, 4.69) is 10.4 Å². The molecule has 1 amide bonds. The van der Waals surface area contributed by atoms with Gasteiger partial charge in [0.25, 0.3) is 0 Å². The highest BCUT2D eigenvalue weighted by Crippen LogP contribution is 2.17. The van der Waals surface area contributed by atoms with Crippen LogP contribution in [-0.2, 0) is 21.2 Å². The minimum Gasteiger partial charge on any atom is -0.351 e. The first kappa shape index (κ1) is 14.8. The molecule has 0 saturated carbocycles. The maximum Gasteiger partial charge on any atom is 0.241 e. The predicted octanol–water partition coefficient (Wildman–Crippen LogP) is 0.853. The fourth-order valence-electron chi connectivity index (χ4n) is 2.56. The Hall–Kier alpha value is -2.15. The van der Waals surface area contributed by atoms with E-state index in [9.17, 15) is 13.2 Å². The summed E-state index contributed by atoms with van der Waals surface area (Å²) >= 11 is 0. The molecule has 7 heteroatoms. The smallest absolute Gasteiger partial charge is 0.241 e. The molecule has 0 bridgehead atoms. The zero-order chi connectivity index (χ0) is 15.6. The van der Waals surface area contributed by atoms with Gasteiger partial charge in [-0.15, -0.1) is 0 Å². The molecule has 1 aliphatic heterocycles. The van der Waals surface area contributed by atoms with Crippen LogP contribution in [0.4, 0.5) is 0 Å². The Morgan fingerprint density at radius 3 is 2.73 bits per heavy atom. The van der Waals surface area contributed by atoms with Crippen LogP contribution in [0.25, 0.3) is 11.1 Å². The summed E-state index contributed by atoms with van der Waals surface area (Å²) < 4.78 is 24.3. The van der Waals surface area contributed by atoms with Crippen LogP contribution in [0.1, 0.15) is 6.42 Å². The van der Waals surface area contributed by atoms with Gasteiger partial charge in [-0.05, 0) is 12.0 Å². The number of hydrogen-bond donors (Lipinski definition) is 1. The Balaban J connectivity index is 1.60. The van der Waals surface area contributed by atoms with Gasteiger partial charge in [0, 0.05) is 17.8 Å². The van der Waals surface area contributed by atoms with E-state index in [1.54, 1.807) is 17.1 Å². The van der Waals surface area contributed by atoms with Crippen molar-refractivity contribution in [3.8, 4) is 11.1 Å². The highest BCUT2D eigenvalue weighted by Gasteiger charge is 2.28. The molecule has 2 aromatic rings. The van der Waals surface area contributed by atoms with Crippen molar-refractivity contribution in [2.24, 2.45) is 0 Å². The highest BCUT2D eigenvalue weighted by atomic mass is 32.2. The quantitative estimate of drug-likeness (QED) is 0.906. The number of carbonyl (C=O) groups is 1. The normalized spacial score (nSPS) is 19.9. The molecule has 1 saturated heterocycles. The topological polar surface area (TPSA) is 81.1 Å². The van der Waals surface area contributed by atoms with Gasteiger partial charge < -0.3 is 5.32 Å². The molecule has 3 rings (SSSR count). The van der Waals surface area contributed by atoms with E-state index in [1.165, 1.54) is 0 Å². The minimum atomic E-state index is -2.98. The van der Waals surface area contributed by atoms with Crippen molar-refractivity contribution in [1.29, 1.82) is 0 Å². The summed E-state index contributed by atoms with van der Waals surface area (Å²) in [5.74, 6) is -0.0323. The first-order valence-corrected chi connectivity index (χ1v) is 8.92. The van der Waals surface area contributed by atoms with Crippen LogP contribution in [0, 0.1) is 0 Å². The lowest BCUT2D eigenvalue weighted by atomic mass is 10.1. The van der Waals surface area contributed by atoms with Crippen molar-refractivity contribution < 1.29 is 13.2 Å². The monoisotopic (exact) mass is 319 g/mol. The van der Waals surface area contributed by atoms with Crippen LogP contribution in [0.3, 0.4) is 0 Å². The summed E-state index contributed by atoms with van der Waals surface area (Å²) in [7, 11) is -2.98. The van der Waals surface area contributed by atoms with Crippen molar-refractivity contribution in [1.82, 2.24) is 15.1 Å². The molecule has 0 radical (unpaired) electrons. The highest BCUT2D eigenvalue weighted by molar-refractivity contribution is 7.91. The van der Waals surface area contributed by atoms with Gasteiger partial charge in [-0.3, -0.25) is 9.48 Å². The standard InChI is InChI=1S/C15H17N3O3S/c19-15(17-14-6-7-22(20,21)11-14)10-18-9-13(8-16-18)12-4-2-1-3-5-12/h1-5,8-9,14H,6-7,10-11H2,(H,17,19). The molecule has 1 unspecified atom stereocenters. The summed E-state index contributed by atoms with van der Waals surface area (Å²) in [5, 5.41) is 6.93. The molecule has 1 aromatic heterocycles. The van der Waals surface area contributed by atoms with Crippen molar-refractivity contribution in [3.05, 3.63) is 42.7 Å². The molecule has 2 heterocycles. The first-order valence-electron chi connectivity index (χ1n) is 7.09. The number of sulfone groups is 1. The molecule has 0 spiro atoms. The van der Waals surface area contributed by atoms with Crippen molar-refractivity contribution >= 4 is 15.7 Å². The van der Waals surface area contributed by atoms with E-state index < -0.39 is 9.84 Å². The minimum absolute atomic E-state index is 0.0348. The Bertz CT molecular complexity index is 768. The number of benzene rings is 1. The Morgan fingerprint density at radius 1 is 1.27 bits per heavy atom. The number of rotatable bonds is 4. The van der Waals surface area contributed by atoms with E-state index in [0.29, 0.717) is 6.42 Å². The van der Waals surface area contributed by atoms with E-state index in [1.807, 2.05) is 30.3 Å². The van der Waals surface area contributed by atoms with Crippen LogP contribution in [0.2, 0.25) is 0 Å².